The summed E-state index contributed by atoms with van der Waals surface area (Å²) in [7, 11) is 1.45. The topological polar surface area (TPSA) is 81.5 Å². The molecule has 1 rings (SSSR count). The molecule has 1 aromatic rings. The van der Waals surface area contributed by atoms with Crippen molar-refractivity contribution in [2.75, 3.05) is 12.4 Å². The summed E-state index contributed by atoms with van der Waals surface area (Å²) in [6, 6.07) is 4.11. The van der Waals surface area contributed by atoms with Crippen molar-refractivity contribution in [2.45, 2.75) is 26.7 Å². The van der Waals surface area contributed by atoms with Gasteiger partial charge in [0.25, 0.3) is 5.69 Å². The molecule has 0 aliphatic heterocycles. The predicted molar refractivity (Wildman–Crippen MR) is 72.4 cm³/mol. The Balaban J connectivity index is 2.94. The quantitative estimate of drug-likeness (QED) is 0.634. The van der Waals surface area contributed by atoms with Crippen LogP contribution in [-0.2, 0) is 4.79 Å². The number of hydrogen-bond donors (Lipinski definition) is 1. The van der Waals surface area contributed by atoms with Gasteiger partial charge in [-0.1, -0.05) is 20.3 Å². The van der Waals surface area contributed by atoms with Crippen molar-refractivity contribution < 1.29 is 14.5 Å². The van der Waals surface area contributed by atoms with Crippen molar-refractivity contribution in [2.24, 2.45) is 5.92 Å². The second kappa shape index (κ2) is 6.72. The lowest BCUT2D eigenvalue weighted by Gasteiger charge is -2.13. The number of benzene rings is 1. The molecule has 0 radical (unpaired) electrons. The van der Waals surface area contributed by atoms with Crippen LogP contribution in [0.5, 0.6) is 5.75 Å². The number of rotatable bonds is 6. The molecular weight excluding hydrogens is 248 g/mol. The second-order valence-corrected chi connectivity index (χ2v) is 4.32. The summed E-state index contributed by atoms with van der Waals surface area (Å²) in [4.78, 5) is 22.1. The van der Waals surface area contributed by atoms with Gasteiger partial charge in [-0.15, -0.1) is 0 Å². The number of carbonyl (C=O) groups is 1. The van der Waals surface area contributed by atoms with Crippen molar-refractivity contribution in [3.63, 3.8) is 0 Å². The third kappa shape index (κ3) is 3.94. The standard InChI is InChI=1S/C13H18N2O4/c1-4-5-9(2)13(16)14-11-8-10(15(17)18)6-7-12(11)19-3/h6-9H,4-5H2,1-3H3,(H,14,16)/t9-/m1/s1. The highest BCUT2D eigenvalue weighted by Gasteiger charge is 2.16. The van der Waals surface area contributed by atoms with Crippen molar-refractivity contribution in [1.82, 2.24) is 0 Å². The van der Waals surface area contributed by atoms with Crippen LogP contribution in [0.2, 0.25) is 0 Å². The summed E-state index contributed by atoms with van der Waals surface area (Å²) in [6.07, 6.45) is 1.67. The fourth-order valence-corrected chi connectivity index (χ4v) is 1.73. The van der Waals surface area contributed by atoms with E-state index in [1.165, 1.54) is 25.3 Å². The van der Waals surface area contributed by atoms with Crippen molar-refractivity contribution >= 4 is 17.3 Å². The number of nitrogens with one attached hydrogen (secondary N) is 1. The Morgan fingerprint density at radius 3 is 2.74 bits per heavy atom. The Bertz CT molecular complexity index is 474. The third-order valence-electron chi connectivity index (χ3n) is 2.82. The van der Waals surface area contributed by atoms with Crippen molar-refractivity contribution in [3.8, 4) is 5.75 Å². The molecule has 0 bridgehead atoms. The normalized spacial score (nSPS) is 11.7. The lowest BCUT2D eigenvalue weighted by atomic mass is 10.1. The first-order valence-corrected chi connectivity index (χ1v) is 6.12. The van der Waals surface area contributed by atoms with Gasteiger partial charge in [0.05, 0.1) is 17.7 Å². The summed E-state index contributed by atoms with van der Waals surface area (Å²) in [5.74, 6) is 0.0947. The molecule has 0 spiro atoms. The van der Waals surface area contributed by atoms with Gasteiger partial charge in [-0.25, -0.2) is 0 Å². The Morgan fingerprint density at radius 1 is 1.53 bits per heavy atom. The number of carbonyl (C=O) groups excluding carboxylic acids is 1. The van der Waals surface area contributed by atoms with Gasteiger partial charge in [-0.3, -0.25) is 14.9 Å². The first-order valence-electron chi connectivity index (χ1n) is 6.12. The third-order valence-corrected chi connectivity index (χ3v) is 2.82. The van der Waals surface area contributed by atoms with E-state index >= 15 is 0 Å². The van der Waals surface area contributed by atoms with Crippen LogP contribution in [0.25, 0.3) is 0 Å². The summed E-state index contributed by atoms with van der Waals surface area (Å²) >= 11 is 0. The zero-order chi connectivity index (χ0) is 14.4. The second-order valence-electron chi connectivity index (χ2n) is 4.32. The largest absolute Gasteiger partial charge is 0.495 e. The van der Waals surface area contributed by atoms with Gasteiger partial charge in [0, 0.05) is 18.1 Å². The van der Waals surface area contributed by atoms with Gasteiger partial charge >= 0.3 is 0 Å². The van der Waals surface area contributed by atoms with Crippen LogP contribution < -0.4 is 10.1 Å². The molecular formula is C13H18N2O4. The first kappa shape index (κ1) is 14.9. The van der Waals surface area contributed by atoms with E-state index in [0.717, 1.165) is 12.8 Å². The minimum atomic E-state index is -0.509. The van der Waals surface area contributed by atoms with E-state index in [4.69, 9.17) is 4.74 Å². The van der Waals surface area contributed by atoms with Crippen LogP contribution in [0.1, 0.15) is 26.7 Å². The van der Waals surface area contributed by atoms with E-state index < -0.39 is 4.92 Å². The minimum Gasteiger partial charge on any atom is -0.495 e. The number of amides is 1. The Labute approximate surface area is 111 Å². The van der Waals surface area contributed by atoms with Gasteiger partial charge in [-0.05, 0) is 12.5 Å². The highest BCUT2D eigenvalue weighted by Crippen LogP contribution is 2.29. The van der Waals surface area contributed by atoms with E-state index in [1.54, 1.807) is 0 Å². The van der Waals surface area contributed by atoms with Crippen LogP contribution in [0.4, 0.5) is 11.4 Å². The number of ether oxygens (including phenoxy) is 1. The molecule has 6 nitrogen and oxygen atoms in total. The molecule has 0 saturated carbocycles. The molecule has 0 unspecified atom stereocenters. The van der Waals surface area contributed by atoms with Crippen molar-refractivity contribution in [3.05, 3.63) is 28.3 Å². The average molecular weight is 266 g/mol. The summed E-state index contributed by atoms with van der Waals surface area (Å²) < 4.78 is 5.08. The van der Waals surface area contributed by atoms with E-state index in [9.17, 15) is 14.9 Å². The predicted octanol–water partition coefficient (Wildman–Crippen LogP) is 2.98. The maximum Gasteiger partial charge on any atom is 0.271 e. The number of nitro benzene ring substituents is 1. The highest BCUT2D eigenvalue weighted by atomic mass is 16.6. The van der Waals surface area contributed by atoms with Crippen LogP contribution >= 0.6 is 0 Å². The minimum absolute atomic E-state index is 0.0840. The Morgan fingerprint density at radius 2 is 2.21 bits per heavy atom. The molecule has 0 saturated heterocycles. The lowest BCUT2D eigenvalue weighted by molar-refractivity contribution is -0.384. The molecule has 1 aromatic carbocycles. The molecule has 0 aromatic heterocycles. The summed E-state index contributed by atoms with van der Waals surface area (Å²) in [5.41, 5.74) is 0.240. The van der Waals surface area contributed by atoms with E-state index in [2.05, 4.69) is 5.32 Å². The first-order chi connectivity index (χ1) is 8.99. The molecule has 104 valence electrons. The number of anilines is 1. The molecule has 0 aliphatic carbocycles. The number of nitro groups is 1. The molecule has 1 atom stereocenters. The molecule has 0 heterocycles. The summed E-state index contributed by atoms with van der Waals surface area (Å²) in [5, 5.41) is 13.4. The highest BCUT2D eigenvalue weighted by molar-refractivity contribution is 5.94. The maximum absolute atomic E-state index is 11.9. The van der Waals surface area contributed by atoms with Crippen LogP contribution in [0, 0.1) is 16.0 Å². The fourth-order valence-electron chi connectivity index (χ4n) is 1.73. The van der Waals surface area contributed by atoms with E-state index in [0.29, 0.717) is 11.4 Å². The van der Waals surface area contributed by atoms with Gasteiger partial charge in [0.1, 0.15) is 5.75 Å². The van der Waals surface area contributed by atoms with E-state index in [1.807, 2.05) is 13.8 Å². The SMILES string of the molecule is CCC[C@@H](C)C(=O)Nc1cc([N+](=O)[O-])ccc1OC. The molecule has 19 heavy (non-hydrogen) atoms. The molecule has 1 N–H and O–H groups in total. The zero-order valence-corrected chi connectivity index (χ0v) is 11.3. The van der Waals surface area contributed by atoms with Crippen LogP contribution in [0.15, 0.2) is 18.2 Å². The zero-order valence-electron chi connectivity index (χ0n) is 11.3. The number of hydrogen-bond acceptors (Lipinski definition) is 4. The Hall–Kier alpha value is -2.11. The van der Waals surface area contributed by atoms with Crippen LogP contribution in [0.3, 0.4) is 0 Å². The van der Waals surface area contributed by atoms with Gasteiger partial charge in [0.15, 0.2) is 0 Å². The van der Waals surface area contributed by atoms with Gasteiger partial charge < -0.3 is 10.1 Å². The number of nitrogens with zero attached hydrogens (tertiary/aromatic N) is 1. The maximum atomic E-state index is 11.9. The molecule has 0 fully saturated rings. The number of non-ortho nitro benzene ring substituents is 1. The lowest BCUT2D eigenvalue weighted by Crippen LogP contribution is -2.20. The average Bonchev–Trinajstić information content (AvgIpc) is 2.38. The summed E-state index contributed by atoms with van der Waals surface area (Å²) in [6.45, 7) is 3.82. The molecule has 0 aliphatic rings. The Kier molecular flexibility index (Phi) is 5.29. The fraction of sp³-hybridized carbons (Fsp3) is 0.462. The number of methoxy groups -OCH3 is 1. The van der Waals surface area contributed by atoms with Gasteiger partial charge in [-0.2, -0.15) is 0 Å². The van der Waals surface area contributed by atoms with Crippen molar-refractivity contribution in [1.29, 1.82) is 0 Å². The molecule has 1 amide bonds. The molecule has 6 heteroatoms. The monoisotopic (exact) mass is 266 g/mol. The smallest absolute Gasteiger partial charge is 0.271 e. The van der Waals surface area contributed by atoms with Gasteiger partial charge in [0.2, 0.25) is 5.91 Å². The van der Waals surface area contributed by atoms with E-state index in [-0.39, 0.29) is 17.5 Å². The van der Waals surface area contributed by atoms with Crippen LogP contribution in [-0.4, -0.2) is 17.9 Å².